The first-order chi connectivity index (χ1) is 4.97. The molecule has 0 amide bonds. The Hall–Kier alpha value is 0.730. The van der Waals surface area contributed by atoms with Crippen LogP contribution in [0.5, 0.6) is 0 Å². The van der Waals surface area contributed by atoms with E-state index in [4.69, 9.17) is 0 Å². The summed E-state index contributed by atoms with van der Waals surface area (Å²) >= 11 is 1.50. The van der Waals surface area contributed by atoms with Crippen LogP contribution in [0.15, 0.2) is 0 Å². The van der Waals surface area contributed by atoms with Crippen molar-refractivity contribution in [2.75, 3.05) is 0 Å². The van der Waals surface area contributed by atoms with Gasteiger partial charge in [-0.3, -0.25) is 0 Å². The summed E-state index contributed by atoms with van der Waals surface area (Å²) in [5.74, 6) is -0.116. The van der Waals surface area contributed by atoms with E-state index < -0.39 is 18.9 Å². The Morgan fingerprint density at radius 1 is 1.08 bits per heavy atom. The maximum absolute atomic E-state index is 12.3. The lowest BCUT2D eigenvalue weighted by atomic mass is 9.55. The van der Waals surface area contributed by atoms with E-state index >= 15 is 0 Å². The monoisotopic (exact) mass is 320 g/mol. The molecule has 2 bridgehead atoms. The van der Waals surface area contributed by atoms with Crippen LogP contribution in [-0.4, -0.2) is 8.67 Å². The molecule has 3 rings (SSSR count). The highest BCUT2D eigenvalue weighted by molar-refractivity contribution is 14.1. The van der Waals surface area contributed by atoms with E-state index in [1.807, 2.05) is 0 Å². The van der Waals surface area contributed by atoms with Gasteiger partial charge in [0.25, 0.3) is 10.2 Å². The quantitative estimate of drug-likeness (QED) is 0.385. The Labute approximate surface area is 79.7 Å². The number of halogens is 6. The molecule has 7 heteroatoms. The molecule has 12 heavy (non-hydrogen) atoms. The van der Waals surface area contributed by atoms with Gasteiger partial charge < -0.3 is 0 Å². The summed E-state index contributed by atoms with van der Waals surface area (Å²) < 4.78 is 58.2. The Morgan fingerprint density at radius 2 is 1.50 bits per heavy atom. The third-order valence-electron chi connectivity index (χ3n) is 2.90. The second-order valence-corrected chi connectivity index (χ2v) is 7.70. The number of hydrogen-bond donors (Lipinski definition) is 0. The summed E-state index contributed by atoms with van der Waals surface area (Å²) in [6, 6.07) is 0. The van der Waals surface area contributed by atoms with Gasteiger partial charge in [0, 0.05) is 3.92 Å². The third kappa shape index (κ3) is 0.796. The lowest BCUT2D eigenvalue weighted by Gasteiger charge is -2.74. The van der Waals surface area contributed by atoms with Crippen molar-refractivity contribution in [1.29, 1.82) is 0 Å². The second kappa shape index (κ2) is 1.53. The molecule has 3 saturated carbocycles. The molecular formula is C5H6F5IS. The van der Waals surface area contributed by atoms with Crippen molar-refractivity contribution >= 4 is 32.8 Å². The minimum absolute atomic E-state index is 0.116. The van der Waals surface area contributed by atoms with E-state index in [1.54, 1.807) is 0 Å². The lowest BCUT2D eigenvalue weighted by molar-refractivity contribution is 0.0329. The van der Waals surface area contributed by atoms with Crippen molar-refractivity contribution in [2.45, 2.75) is 21.5 Å². The van der Waals surface area contributed by atoms with Gasteiger partial charge in [0.15, 0.2) is 0 Å². The van der Waals surface area contributed by atoms with Crippen LogP contribution in [0, 0.1) is 5.92 Å². The van der Waals surface area contributed by atoms with Gasteiger partial charge in [-0.1, -0.05) is 42.0 Å². The highest BCUT2D eigenvalue weighted by Crippen LogP contribution is 3.10. The molecule has 0 radical (unpaired) electrons. The molecule has 0 aliphatic heterocycles. The first-order valence-electron chi connectivity index (χ1n) is 3.34. The van der Waals surface area contributed by atoms with Crippen LogP contribution in [0.2, 0.25) is 0 Å². The molecule has 1 atom stereocenters. The Morgan fingerprint density at radius 3 is 1.50 bits per heavy atom. The van der Waals surface area contributed by atoms with Crippen LogP contribution in [-0.2, 0) is 0 Å². The molecule has 0 aromatic heterocycles. The molecule has 1 unspecified atom stereocenters. The maximum Gasteiger partial charge on any atom is 0.291 e. The first kappa shape index (κ1) is 9.29. The van der Waals surface area contributed by atoms with Gasteiger partial charge in [-0.15, -0.1) is 0 Å². The molecule has 0 heterocycles. The zero-order valence-electron chi connectivity index (χ0n) is 5.74. The molecule has 0 aromatic carbocycles. The molecule has 3 aliphatic carbocycles. The van der Waals surface area contributed by atoms with Gasteiger partial charge in [0.1, 0.15) is 4.75 Å². The minimum atomic E-state index is -9.20. The van der Waals surface area contributed by atoms with Crippen LogP contribution < -0.4 is 0 Å². The summed E-state index contributed by atoms with van der Waals surface area (Å²) in [7, 11) is -9.20. The standard InChI is InChI=1S/C5H6F5IS/c6-12(7,8,9,10)5-1-3(2-5)4(5)11/h3-4H,1-2H2. The van der Waals surface area contributed by atoms with Crippen molar-refractivity contribution in [1.82, 2.24) is 0 Å². The fraction of sp³-hybridized carbons (Fsp3) is 1.00. The van der Waals surface area contributed by atoms with Crippen molar-refractivity contribution in [2.24, 2.45) is 5.92 Å². The lowest BCUT2D eigenvalue weighted by Crippen LogP contribution is -2.73. The zero-order valence-corrected chi connectivity index (χ0v) is 8.72. The third-order valence-corrected chi connectivity index (χ3v) is 7.66. The van der Waals surface area contributed by atoms with Crippen LogP contribution in [0.25, 0.3) is 0 Å². The average Bonchev–Trinajstić information content (AvgIpc) is 1.50. The highest BCUT2D eigenvalue weighted by Gasteiger charge is 2.90. The Balaban J connectivity index is 2.44. The highest BCUT2D eigenvalue weighted by atomic mass is 127. The molecule has 0 saturated heterocycles. The van der Waals surface area contributed by atoms with Crippen LogP contribution in [0.4, 0.5) is 19.4 Å². The maximum atomic E-state index is 12.3. The predicted molar refractivity (Wildman–Crippen MR) is 46.4 cm³/mol. The molecular weight excluding hydrogens is 314 g/mol. The molecule has 0 nitrogen and oxygen atoms in total. The van der Waals surface area contributed by atoms with Gasteiger partial charge in [-0.2, -0.15) is 0 Å². The smallest absolute Gasteiger partial charge is 0.0972 e. The van der Waals surface area contributed by atoms with E-state index in [2.05, 4.69) is 0 Å². The van der Waals surface area contributed by atoms with Gasteiger partial charge in [0.05, 0.1) is 0 Å². The average molecular weight is 320 g/mol. The van der Waals surface area contributed by atoms with Crippen LogP contribution in [0.3, 0.4) is 0 Å². The van der Waals surface area contributed by atoms with E-state index in [1.165, 1.54) is 22.6 Å². The molecule has 3 aliphatic rings. The van der Waals surface area contributed by atoms with Crippen molar-refractivity contribution < 1.29 is 19.4 Å². The number of alkyl halides is 1. The molecule has 0 aromatic rings. The summed E-state index contributed by atoms with van der Waals surface area (Å²) in [6.45, 7) is 0. The summed E-state index contributed by atoms with van der Waals surface area (Å²) in [5.41, 5.74) is 0. The van der Waals surface area contributed by atoms with Gasteiger partial charge in [-0.25, -0.2) is 0 Å². The largest absolute Gasteiger partial charge is 0.291 e. The van der Waals surface area contributed by atoms with Gasteiger partial charge >= 0.3 is 0 Å². The fourth-order valence-electron chi connectivity index (χ4n) is 1.90. The summed E-state index contributed by atoms with van der Waals surface area (Å²) in [5, 5.41) is 0. The SMILES string of the molecule is FS(F)(F)(F)(F)C12CC(C1)C2I. The fourth-order valence-corrected chi connectivity index (χ4v) is 6.03. The summed E-state index contributed by atoms with van der Waals surface area (Å²) in [6.07, 6.45) is -0.697. The molecule has 0 spiro atoms. The van der Waals surface area contributed by atoms with E-state index in [-0.39, 0.29) is 18.8 Å². The zero-order chi connectivity index (χ0) is 9.48. The van der Waals surface area contributed by atoms with E-state index in [0.717, 1.165) is 0 Å². The van der Waals surface area contributed by atoms with Crippen molar-refractivity contribution in [3.63, 3.8) is 0 Å². The number of rotatable bonds is 1. The molecule has 0 N–H and O–H groups in total. The van der Waals surface area contributed by atoms with E-state index in [9.17, 15) is 19.4 Å². The topological polar surface area (TPSA) is 0 Å². The van der Waals surface area contributed by atoms with E-state index in [0.29, 0.717) is 0 Å². The normalized spacial score (nSPS) is 51.5. The summed E-state index contributed by atoms with van der Waals surface area (Å²) in [4.78, 5) is 0. The number of hydrogen-bond acceptors (Lipinski definition) is 0. The van der Waals surface area contributed by atoms with Gasteiger partial charge in [-0.05, 0) is 18.8 Å². The van der Waals surface area contributed by atoms with Gasteiger partial charge in [0.2, 0.25) is 0 Å². The van der Waals surface area contributed by atoms with Crippen molar-refractivity contribution in [3.8, 4) is 0 Å². The van der Waals surface area contributed by atoms with Crippen molar-refractivity contribution in [3.05, 3.63) is 0 Å². The second-order valence-electron chi connectivity index (χ2n) is 3.60. The molecule has 74 valence electrons. The minimum Gasteiger partial charge on any atom is -0.0972 e. The van der Waals surface area contributed by atoms with Crippen LogP contribution in [0.1, 0.15) is 12.8 Å². The first-order valence-corrected chi connectivity index (χ1v) is 6.54. The Kier molecular flexibility index (Phi) is 1.18. The predicted octanol–water partition coefficient (Wildman–Crippen LogP) is 4.25. The molecule has 3 fully saturated rings. The Bertz CT molecular complexity index is 249. The van der Waals surface area contributed by atoms with Crippen LogP contribution >= 0.6 is 32.8 Å².